The average Bonchev–Trinajstić information content (AvgIpc) is 2.88. The number of benzene rings is 2. The zero-order valence-corrected chi connectivity index (χ0v) is 12.9. The molecule has 23 heavy (non-hydrogen) atoms. The average molecular weight is 310 g/mol. The fraction of sp³-hybridized carbons (Fsp3) is 0.158. The van der Waals surface area contributed by atoms with Crippen LogP contribution in [-0.4, -0.2) is 15.3 Å². The fourth-order valence-electron chi connectivity index (χ4n) is 2.44. The van der Waals surface area contributed by atoms with Crippen LogP contribution in [0.5, 0.6) is 17.2 Å². The van der Waals surface area contributed by atoms with Crippen molar-refractivity contribution in [2.75, 3.05) is 0 Å². The summed E-state index contributed by atoms with van der Waals surface area (Å²) in [6, 6.07) is 9.54. The number of phenolic OH excluding ortho intramolecular Hbond substituents is 3. The van der Waals surface area contributed by atoms with Gasteiger partial charge in [0.15, 0.2) is 0 Å². The van der Waals surface area contributed by atoms with Crippen LogP contribution in [-0.2, 0) is 0 Å². The van der Waals surface area contributed by atoms with E-state index in [1.165, 1.54) is 12.1 Å². The lowest BCUT2D eigenvalue weighted by atomic mass is 10.0. The quantitative estimate of drug-likeness (QED) is 0.644. The highest BCUT2D eigenvalue weighted by Gasteiger charge is 2.14. The first-order valence-electron chi connectivity index (χ1n) is 7.41. The molecule has 1 heterocycles. The molecule has 1 aromatic heterocycles. The normalized spacial score (nSPS) is 11.8. The largest absolute Gasteiger partial charge is 0.508 e. The van der Waals surface area contributed by atoms with Gasteiger partial charge >= 0.3 is 0 Å². The van der Waals surface area contributed by atoms with E-state index in [1.54, 1.807) is 18.2 Å². The summed E-state index contributed by atoms with van der Waals surface area (Å²) in [6.07, 6.45) is 3.78. The van der Waals surface area contributed by atoms with Gasteiger partial charge in [-0.1, -0.05) is 26.0 Å². The molecule has 118 valence electrons. The maximum atomic E-state index is 10.2. The van der Waals surface area contributed by atoms with Crippen molar-refractivity contribution in [3.8, 4) is 28.6 Å². The molecule has 0 radical (unpaired) electrons. The number of hydrogen-bond acceptors (Lipinski definition) is 4. The first-order chi connectivity index (χ1) is 10.9. The monoisotopic (exact) mass is 310 g/mol. The molecule has 0 bridgehead atoms. The number of fused-ring (bicyclic) bond motifs is 1. The van der Waals surface area contributed by atoms with Gasteiger partial charge in [-0.05, 0) is 30.2 Å². The summed E-state index contributed by atoms with van der Waals surface area (Å²) in [4.78, 5) is 0. The standard InChI is InChI=1S/C19H18O4/c1-11(2)3-6-15-16(8-14(21)9-17(15)22)19-7-12-4-5-13(20)10-18(12)23-19/h3-11,20-22H,1-2H3. The highest BCUT2D eigenvalue weighted by Crippen LogP contribution is 2.38. The summed E-state index contributed by atoms with van der Waals surface area (Å²) in [5.74, 6) is 0.906. The van der Waals surface area contributed by atoms with E-state index in [9.17, 15) is 15.3 Å². The van der Waals surface area contributed by atoms with Gasteiger partial charge in [0, 0.05) is 28.6 Å². The first-order valence-corrected chi connectivity index (χ1v) is 7.41. The Morgan fingerprint density at radius 2 is 1.74 bits per heavy atom. The lowest BCUT2D eigenvalue weighted by molar-refractivity contribution is 0.449. The molecule has 0 atom stereocenters. The lowest BCUT2D eigenvalue weighted by Crippen LogP contribution is -1.85. The number of hydrogen-bond donors (Lipinski definition) is 3. The van der Waals surface area contributed by atoms with Crippen molar-refractivity contribution in [3.05, 3.63) is 48.0 Å². The van der Waals surface area contributed by atoms with Crippen LogP contribution >= 0.6 is 0 Å². The van der Waals surface area contributed by atoms with E-state index < -0.39 is 0 Å². The molecule has 4 nitrogen and oxygen atoms in total. The highest BCUT2D eigenvalue weighted by molar-refractivity contribution is 5.87. The summed E-state index contributed by atoms with van der Waals surface area (Å²) in [5, 5.41) is 30.4. The number of rotatable bonds is 3. The minimum absolute atomic E-state index is 0.0137. The van der Waals surface area contributed by atoms with Gasteiger partial charge in [0.2, 0.25) is 0 Å². The Kier molecular flexibility index (Phi) is 3.74. The van der Waals surface area contributed by atoms with Gasteiger partial charge in [0.1, 0.15) is 28.6 Å². The molecule has 0 unspecified atom stereocenters. The van der Waals surface area contributed by atoms with E-state index in [0.29, 0.717) is 28.4 Å². The van der Waals surface area contributed by atoms with Crippen molar-refractivity contribution >= 4 is 17.0 Å². The van der Waals surface area contributed by atoms with Crippen molar-refractivity contribution < 1.29 is 19.7 Å². The molecule has 0 saturated heterocycles. The Labute approximate surface area is 133 Å². The summed E-state index contributed by atoms with van der Waals surface area (Å²) in [5.41, 5.74) is 1.72. The highest BCUT2D eigenvalue weighted by atomic mass is 16.3. The second-order valence-electron chi connectivity index (χ2n) is 5.86. The number of furan rings is 1. The van der Waals surface area contributed by atoms with Crippen molar-refractivity contribution in [1.82, 2.24) is 0 Å². The number of aromatic hydroxyl groups is 3. The van der Waals surface area contributed by atoms with Gasteiger partial charge in [0.05, 0.1) is 0 Å². The van der Waals surface area contributed by atoms with Gasteiger partial charge in [-0.3, -0.25) is 0 Å². The smallest absolute Gasteiger partial charge is 0.138 e. The van der Waals surface area contributed by atoms with Gasteiger partial charge in [-0.2, -0.15) is 0 Å². The van der Waals surface area contributed by atoms with Crippen LogP contribution in [0.2, 0.25) is 0 Å². The zero-order valence-electron chi connectivity index (χ0n) is 12.9. The molecule has 0 spiro atoms. The topological polar surface area (TPSA) is 73.8 Å². The van der Waals surface area contributed by atoms with Crippen LogP contribution < -0.4 is 0 Å². The van der Waals surface area contributed by atoms with Crippen LogP contribution in [0.3, 0.4) is 0 Å². The SMILES string of the molecule is CC(C)C=Cc1c(O)cc(O)cc1-c1cc2ccc(O)cc2o1. The molecule has 4 heteroatoms. The molecule has 0 amide bonds. The molecule has 0 fully saturated rings. The Balaban J connectivity index is 2.20. The third-order valence-electron chi connectivity index (χ3n) is 3.56. The van der Waals surface area contributed by atoms with Crippen molar-refractivity contribution in [2.45, 2.75) is 13.8 Å². The third kappa shape index (κ3) is 3.01. The molecule has 2 aromatic carbocycles. The summed E-state index contributed by atoms with van der Waals surface area (Å²) in [7, 11) is 0. The van der Waals surface area contributed by atoms with Crippen LogP contribution in [0.15, 0.2) is 46.9 Å². The first kappa shape index (κ1) is 15.0. The third-order valence-corrected chi connectivity index (χ3v) is 3.56. The molecule has 3 aromatic rings. The second kappa shape index (κ2) is 5.72. The Morgan fingerprint density at radius 3 is 2.48 bits per heavy atom. The zero-order chi connectivity index (χ0) is 16.6. The molecule has 3 N–H and O–H groups in total. The molecule has 3 rings (SSSR count). The van der Waals surface area contributed by atoms with E-state index in [-0.39, 0.29) is 17.2 Å². The summed E-state index contributed by atoms with van der Waals surface area (Å²) >= 11 is 0. The molecular weight excluding hydrogens is 292 g/mol. The van der Waals surface area contributed by atoms with E-state index in [1.807, 2.05) is 32.1 Å². The number of phenols is 3. The molecule has 0 saturated carbocycles. The maximum absolute atomic E-state index is 10.2. The maximum Gasteiger partial charge on any atom is 0.138 e. The molecule has 0 aliphatic rings. The van der Waals surface area contributed by atoms with E-state index in [4.69, 9.17) is 4.42 Å². The van der Waals surface area contributed by atoms with Crippen LogP contribution in [0.25, 0.3) is 28.4 Å². The van der Waals surface area contributed by atoms with Crippen LogP contribution in [0.1, 0.15) is 19.4 Å². The molecule has 0 aliphatic heterocycles. The number of allylic oxidation sites excluding steroid dienone is 1. The van der Waals surface area contributed by atoms with E-state index in [0.717, 1.165) is 5.39 Å². The molecular formula is C19H18O4. The van der Waals surface area contributed by atoms with Crippen molar-refractivity contribution in [2.24, 2.45) is 5.92 Å². The Bertz CT molecular complexity index is 888. The summed E-state index contributed by atoms with van der Waals surface area (Å²) < 4.78 is 5.78. The van der Waals surface area contributed by atoms with Crippen molar-refractivity contribution in [3.63, 3.8) is 0 Å². The van der Waals surface area contributed by atoms with Gasteiger partial charge in [0.25, 0.3) is 0 Å². The fourth-order valence-corrected chi connectivity index (χ4v) is 2.44. The van der Waals surface area contributed by atoms with Gasteiger partial charge in [-0.15, -0.1) is 0 Å². The Morgan fingerprint density at radius 1 is 0.957 bits per heavy atom. The van der Waals surface area contributed by atoms with Crippen LogP contribution in [0, 0.1) is 5.92 Å². The van der Waals surface area contributed by atoms with E-state index in [2.05, 4.69) is 0 Å². The van der Waals surface area contributed by atoms with Gasteiger partial charge in [-0.25, -0.2) is 0 Å². The minimum Gasteiger partial charge on any atom is -0.508 e. The van der Waals surface area contributed by atoms with Crippen LogP contribution in [0.4, 0.5) is 0 Å². The predicted molar refractivity (Wildman–Crippen MR) is 90.5 cm³/mol. The predicted octanol–water partition coefficient (Wildman–Crippen LogP) is 4.89. The second-order valence-corrected chi connectivity index (χ2v) is 5.86. The summed E-state index contributed by atoms with van der Waals surface area (Å²) in [6.45, 7) is 4.08. The van der Waals surface area contributed by atoms with Crippen molar-refractivity contribution in [1.29, 1.82) is 0 Å². The lowest BCUT2D eigenvalue weighted by Gasteiger charge is -2.08. The minimum atomic E-state index is -0.0394. The molecule has 0 aliphatic carbocycles. The Hall–Kier alpha value is -2.88. The van der Waals surface area contributed by atoms with Gasteiger partial charge < -0.3 is 19.7 Å². The van der Waals surface area contributed by atoms with E-state index >= 15 is 0 Å².